The standard InChI is InChI=1S/C13H5N4.3C12H5FN3.C12H6N3.C11H6IN2.6Ir/c1-15-12-7-10-6-9(8-14)2-3-11(10)13-16-4-5-17(12)13;1-14-11-8-4-6-16-7-5-15-12(16)9(8)2-3-10(11)13;1-14-10-4-2-3-8-11(10)9(13)7-16-6-5-15-12(8)16;13-11-8(7-14)1-2-10-9(11)3-5-16-6-4-15-12(10)16;13-8-9-1-2-10-3-5-15-6-4-14-12(15)11(10)7-9;12-10-3-1-2-9-8(10)4-6-14-7-5-13-11(9)14;;;;;;/h2,4-7H;3-7H;2,4-7H;1,3-6H;1-6H;1,3-7H;;;;;;/q6*-1;;;;;;. The minimum absolute atomic E-state index is 0. The molecule has 0 saturated carbocycles. The quantitative estimate of drug-likeness (QED) is 0.105. The van der Waals surface area contributed by atoms with Crippen molar-refractivity contribution >= 4 is 138 Å². The molecule has 498 valence electrons. The summed E-state index contributed by atoms with van der Waals surface area (Å²) in [5.41, 5.74) is 5.83. The molecule has 0 saturated heterocycles. The second kappa shape index (κ2) is 34.4. The van der Waals surface area contributed by atoms with Crippen molar-refractivity contribution in [3.05, 3.63) is 305 Å². The van der Waals surface area contributed by atoms with Gasteiger partial charge in [0.05, 0.1) is 71.5 Å². The zero-order valence-corrected chi connectivity index (χ0v) is 66.6. The van der Waals surface area contributed by atoms with Crippen LogP contribution in [0.4, 0.5) is 30.4 Å². The van der Waals surface area contributed by atoms with Crippen LogP contribution in [0, 0.1) is 111 Å². The van der Waals surface area contributed by atoms with Crippen molar-refractivity contribution in [2.75, 3.05) is 0 Å². The number of rotatable bonds is 0. The summed E-state index contributed by atoms with van der Waals surface area (Å²) in [6.07, 6.45) is 29.7. The zero-order chi connectivity index (χ0) is 65.0. The van der Waals surface area contributed by atoms with Gasteiger partial charge in [-0.25, -0.2) is 24.6 Å². The summed E-state index contributed by atoms with van der Waals surface area (Å²) in [4.78, 5) is 35.2. The van der Waals surface area contributed by atoms with Gasteiger partial charge in [-0.15, -0.1) is 107 Å². The van der Waals surface area contributed by atoms with E-state index in [1.807, 2.05) is 62.4 Å². The molecule has 0 aliphatic carbocycles. The van der Waals surface area contributed by atoms with Crippen LogP contribution in [0.1, 0.15) is 16.7 Å². The van der Waals surface area contributed by atoms with Crippen LogP contribution < -0.4 is 0 Å². The smallest absolute Gasteiger partial charge is 0.219 e. The number of nitrogens with zero attached hydrogens (tertiary/aromatic N) is 18. The number of fused-ring (bicyclic) bond motifs is 18. The molecule has 0 spiro atoms. The maximum absolute atomic E-state index is 13.8. The van der Waals surface area contributed by atoms with Gasteiger partial charge in [0, 0.05) is 206 Å². The van der Waals surface area contributed by atoms with Gasteiger partial charge < -0.3 is 26.8 Å². The minimum Gasteiger partial charge on any atom is -0.365 e. The molecule has 0 bridgehead atoms. The molecule has 100 heavy (non-hydrogen) atoms. The molecule has 6 aromatic carbocycles. The summed E-state index contributed by atoms with van der Waals surface area (Å²) in [7, 11) is 0. The molecule has 0 aliphatic heterocycles. The Morgan fingerprint density at radius 1 is 0.440 bits per heavy atom. The van der Waals surface area contributed by atoms with Crippen molar-refractivity contribution in [2.24, 2.45) is 0 Å². The van der Waals surface area contributed by atoms with Crippen molar-refractivity contribution < 1.29 is 134 Å². The van der Waals surface area contributed by atoms with Crippen molar-refractivity contribution in [1.82, 2.24) is 56.3 Å². The first-order valence-corrected chi connectivity index (χ1v) is 28.8. The molecule has 12 heterocycles. The van der Waals surface area contributed by atoms with E-state index in [0.717, 1.165) is 38.2 Å². The summed E-state index contributed by atoms with van der Waals surface area (Å²) in [5.74, 6) is -1.00. The molecule has 18 nitrogen and oxygen atoms in total. The van der Waals surface area contributed by atoms with Crippen LogP contribution in [0.2, 0.25) is 0 Å². The van der Waals surface area contributed by atoms with Crippen LogP contribution in [0.25, 0.3) is 113 Å². The molecule has 18 rings (SSSR count). The van der Waals surface area contributed by atoms with E-state index in [4.69, 9.17) is 35.5 Å². The molecule has 28 heteroatoms. The summed E-state index contributed by atoms with van der Waals surface area (Å²) in [5, 5.41) is 35.3. The SMILES string of the molecule is Ic1cc[c-]c2c1ccn1ccnc21.N#Cc1[c-]c2c(cc1)ccn1ccnc21.N#Cc1c[c-]c2c(ccn3ccnc23)c1F.[C-]#[N+]c1c(F)c[c-]c2c1ccn1ccnc21.[C-]#[N+]c1cc2cc(C#N)c[c-]c2c2nccn12.[C-]#[N+]c1cc[c-]c2c1c(F)cn1ccnc21.[Ir].[Ir].[Ir].[Ir].[Ir].[Ir]. The Bertz CT molecular complexity index is 6340. The minimum atomic E-state index is -0.543. The van der Waals surface area contributed by atoms with Gasteiger partial charge >= 0.3 is 0 Å². The van der Waals surface area contributed by atoms with Crippen molar-refractivity contribution in [1.29, 1.82) is 15.8 Å². The van der Waals surface area contributed by atoms with E-state index < -0.39 is 17.5 Å². The average Bonchev–Trinajstić information content (AvgIpc) is 1.41. The number of aromatic nitrogens is 12. The maximum atomic E-state index is 13.8. The third-order valence-electron chi connectivity index (χ3n) is 14.8. The number of hydrogen-bond acceptors (Lipinski definition) is 9. The average molecular weight is 2490 g/mol. The third kappa shape index (κ3) is 15.2. The molecule has 6 radical (unpaired) electrons. The fraction of sp³-hybridized carbons (Fsp3) is 0. The normalized spacial score (nSPS) is 10.1. The van der Waals surface area contributed by atoms with Gasteiger partial charge in [0.1, 0.15) is 17.0 Å². The van der Waals surface area contributed by atoms with Crippen LogP contribution in [-0.4, -0.2) is 56.3 Å². The second-order valence-corrected chi connectivity index (χ2v) is 21.2. The Morgan fingerprint density at radius 3 is 1.56 bits per heavy atom. The number of pyridine rings is 6. The second-order valence-electron chi connectivity index (χ2n) is 20.1. The number of halogens is 4. The van der Waals surface area contributed by atoms with E-state index in [0.29, 0.717) is 66.5 Å². The van der Waals surface area contributed by atoms with E-state index in [1.54, 1.807) is 136 Å². The first kappa shape index (κ1) is 77.7. The monoisotopic (exact) mass is 2490 g/mol. The third-order valence-corrected chi connectivity index (χ3v) is 15.7. The number of imidazole rings is 6. The van der Waals surface area contributed by atoms with E-state index in [2.05, 4.69) is 128 Å². The number of nitriles is 3. The number of benzene rings is 6. The molecule has 0 fully saturated rings. The summed E-state index contributed by atoms with van der Waals surface area (Å²) in [6, 6.07) is 49.8. The van der Waals surface area contributed by atoms with Gasteiger partial charge in [-0.1, -0.05) is 117 Å². The van der Waals surface area contributed by atoms with Crippen LogP contribution >= 0.6 is 22.6 Å². The fourth-order valence-electron chi connectivity index (χ4n) is 10.5. The largest absolute Gasteiger partial charge is 0.365 e. The van der Waals surface area contributed by atoms with Crippen LogP contribution in [0.15, 0.2) is 196 Å². The van der Waals surface area contributed by atoms with Gasteiger partial charge in [0.2, 0.25) is 5.82 Å². The number of hydrogen-bond donors (Lipinski definition) is 0. The molecule has 0 aliphatic rings. The van der Waals surface area contributed by atoms with Crippen LogP contribution in [0.5, 0.6) is 0 Å². The van der Waals surface area contributed by atoms with E-state index in [1.165, 1.54) is 27.3 Å². The van der Waals surface area contributed by atoms with Crippen molar-refractivity contribution in [3.8, 4) is 18.2 Å². The summed E-state index contributed by atoms with van der Waals surface area (Å²) in [6.45, 7) is 21.1. The Labute approximate surface area is 660 Å². The Balaban J connectivity index is 0.000000167. The molecule has 0 N–H and O–H groups in total. The van der Waals surface area contributed by atoms with Gasteiger partial charge in [0.25, 0.3) is 0 Å². The first-order valence-electron chi connectivity index (χ1n) is 27.7. The molecule has 0 unspecified atom stereocenters. The molecule has 18 aromatic rings. The topological polar surface area (TPSA) is 188 Å². The van der Waals surface area contributed by atoms with Gasteiger partial charge in [0.15, 0.2) is 0 Å². The molecular weight excluding hydrogens is 2450 g/mol. The predicted octanol–water partition coefficient (Wildman–Crippen LogP) is 16.0. The van der Waals surface area contributed by atoms with Gasteiger partial charge in [-0.3, -0.25) is 48.4 Å². The van der Waals surface area contributed by atoms with Crippen molar-refractivity contribution in [2.45, 2.75) is 0 Å². The van der Waals surface area contributed by atoms with E-state index in [-0.39, 0.29) is 143 Å². The Hall–Kier alpha value is -9.62. The van der Waals surface area contributed by atoms with Crippen molar-refractivity contribution in [3.63, 3.8) is 0 Å². The molecular formula is C72H32F3IIr6N18-6. The van der Waals surface area contributed by atoms with E-state index in [9.17, 15) is 13.2 Å². The van der Waals surface area contributed by atoms with Gasteiger partial charge in [-0.05, 0) is 36.4 Å². The summed E-state index contributed by atoms with van der Waals surface area (Å²) < 4.78 is 53.1. The fourth-order valence-corrected chi connectivity index (χ4v) is 11.1. The Kier molecular flexibility index (Phi) is 26.8. The maximum Gasteiger partial charge on any atom is 0.219 e. The molecule has 0 amide bonds. The van der Waals surface area contributed by atoms with E-state index >= 15 is 0 Å². The summed E-state index contributed by atoms with van der Waals surface area (Å²) >= 11 is 2.33. The molecule has 0 atom stereocenters. The Morgan fingerprint density at radius 2 is 0.960 bits per heavy atom. The molecule has 12 aromatic heterocycles. The van der Waals surface area contributed by atoms with Gasteiger partial charge in [-0.2, -0.15) is 6.07 Å². The van der Waals surface area contributed by atoms with Crippen LogP contribution in [-0.2, 0) is 121 Å². The predicted molar refractivity (Wildman–Crippen MR) is 355 cm³/mol. The zero-order valence-electron chi connectivity index (χ0n) is 50.0. The van der Waals surface area contributed by atoms with Crippen LogP contribution in [0.3, 0.4) is 0 Å². The first-order chi connectivity index (χ1) is 46.0.